The van der Waals surface area contributed by atoms with Crippen LogP contribution in [0.4, 0.5) is 10.8 Å². The molecule has 0 spiro atoms. The second kappa shape index (κ2) is 7.39. The predicted molar refractivity (Wildman–Crippen MR) is 105 cm³/mol. The Bertz CT molecular complexity index is 884. The molecule has 1 saturated heterocycles. The highest BCUT2D eigenvalue weighted by Gasteiger charge is 2.17. The number of anilines is 2. The topological polar surface area (TPSA) is 61.4 Å². The summed E-state index contributed by atoms with van der Waals surface area (Å²) in [6.45, 7) is 6.48. The van der Waals surface area contributed by atoms with Crippen LogP contribution >= 0.6 is 11.3 Å². The van der Waals surface area contributed by atoms with Crippen molar-refractivity contribution < 1.29 is 4.79 Å². The van der Waals surface area contributed by atoms with Gasteiger partial charge in [0, 0.05) is 44.6 Å². The highest BCUT2D eigenvalue weighted by molar-refractivity contribution is 7.22. The van der Waals surface area contributed by atoms with E-state index in [-0.39, 0.29) is 0 Å². The molecule has 1 fully saturated rings. The zero-order valence-corrected chi connectivity index (χ0v) is 15.5. The van der Waals surface area contributed by atoms with Gasteiger partial charge in [-0.1, -0.05) is 23.5 Å². The SMILES string of the molecule is Cc1c(CN2CCN(C=O)CC2)cccc1Nc1nc2ncccc2s1. The third kappa shape index (κ3) is 3.54. The molecule has 2 aromatic heterocycles. The van der Waals surface area contributed by atoms with Gasteiger partial charge in [-0.3, -0.25) is 9.69 Å². The normalized spacial score (nSPS) is 15.3. The van der Waals surface area contributed by atoms with Crippen molar-refractivity contribution in [1.29, 1.82) is 0 Å². The lowest BCUT2D eigenvalue weighted by Crippen LogP contribution is -2.45. The van der Waals surface area contributed by atoms with Crippen molar-refractivity contribution in [1.82, 2.24) is 19.8 Å². The highest BCUT2D eigenvalue weighted by Crippen LogP contribution is 2.29. The first-order valence-corrected chi connectivity index (χ1v) is 9.53. The van der Waals surface area contributed by atoms with Crippen LogP contribution in [-0.4, -0.2) is 52.4 Å². The fraction of sp³-hybridized carbons (Fsp3) is 0.316. The van der Waals surface area contributed by atoms with Crippen LogP contribution in [0.3, 0.4) is 0 Å². The number of rotatable bonds is 5. The molecule has 1 N–H and O–H groups in total. The summed E-state index contributed by atoms with van der Waals surface area (Å²) in [6.07, 6.45) is 2.71. The second-order valence-corrected chi connectivity index (χ2v) is 7.51. The predicted octanol–water partition coefficient (Wildman–Crippen LogP) is 3.02. The second-order valence-electron chi connectivity index (χ2n) is 6.48. The Kier molecular flexibility index (Phi) is 4.81. The van der Waals surface area contributed by atoms with E-state index in [2.05, 4.69) is 45.3 Å². The van der Waals surface area contributed by atoms with E-state index >= 15 is 0 Å². The fourth-order valence-electron chi connectivity index (χ4n) is 3.20. The number of nitrogens with one attached hydrogen (secondary N) is 1. The Morgan fingerprint density at radius 1 is 1.19 bits per heavy atom. The summed E-state index contributed by atoms with van der Waals surface area (Å²) in [5, 5.41) is 4.31. The van der Waals surface area contributed by atoms with E-state index in [1.165, 1.54) is 11.1 Å². The minimum absolute atomic E-state index is 0.779. The molecule has 3 aromatic rings. The smallest absolute Gasteiger partial charge is 0.209 e. The molecule has 1 aliphatic rings. The molecular formula is C19H21N5OS. The van der Waals surface area contributed by atoms with Crippen LogP contribution in [0.15, 0.2) is 36.5 Å². The molecule has 4 rings (SSSR count). The van der Waals surface area contributed by atoms with Crippen molar-refractivity contribution >= 4 is 38.9 Å². The maximum absolute atomic E-state index is 10.9. The van der Waals surface area contributed by atoms with Crippen LogP contribution < -0.4 is 5.32 Å². The van der Waals surface area contributed by atoms with Crippen LogP contribution in [0.5, 0.6) is 0 Å². The Morgan fingerprint density at radius 3 is 2.81 bits per heavy atom. The molecule has 1 amide bonds. The zero-order valence-electron chi connectivity index (χ0n) is 14.7. The highest BCUT2D eigenvalue weighted by atomic mass is 32.1. The van der Waals surface area contributed by atoms with Crippen LogP contribution in [0.1, 0.15) is 11.1 Å². The number of thiazole rings is 1. The van der Waals surface area contributed by atoms with E-state index in [0.717, 1.165) is 60.3 Å². The van der Waals surface area contributed by atoms with E-state index in [1.807, 2.05) is 17.0 Å². The molecule has 0 aliphatic carbocycles. The average molecular weight is 367 g/mol. The molecule has 134 valence electrons. The van der Waals surface area contributed by atoms with Gasteiger partial charge < -0.3 is 10.2 Å². The molecule has 1 aliphatic heterocycles. The van der Waals surface area contributed by atoms with E-state index in [1.54, 1.807) is 17.5 Å². The van der Waals surface area contributed by atoms with E-state index in [0.29, 0.717) is 0 Å². The fourth-order valence-corrected chi connectivity index (χ4v) is 4.03. The van der Waals surface area contributed by atoms with Crippen LogP contribution in [0, 0.1) is 6.92 Å². The first kappa shape index (κ1) is 16.9. The lowest BCUT2D eigenvalue weighted by Gasteiger charge is -2.32. The number of hydrogen-bond donors (Lipinski definition) is 1. The van der Waals surface area contributed by atoms with Gasteiger partial charge in [-0.15, -0.1) is 0 Å². The number of hydrogen-bond acceptors (Lipinski definition) is 6. The summed E-state index contributed by atoms with van der Waals surface area (Å²) in [4.78, 5) is 23.9. The van der Waals surface area contributed by atoms with E-state index in [9.17, 15) is 4.79 Å². The van der Waals surface area contributed by atoms with E-state index < -0.39 is 0 Å². The van der Waals surface area contributed by atoms with Crippen LogP contribution in [-0.2, 0) is 11.3 Å². The lowest BCUT2D eigenvalue weighted by atomic mass is 10.1. The Morgan fingerprint density at radius 2 is 2.04 bits per heavy atom. The van der Waals surface area contributed by atoms with Gasteiger partial charge in [0.2, 0.25) is 6.41 Å². The van der Waals surface area contributed by atoms with Crippen molar-refractivity contribution in [3.05, 3.63) is 47.7 Å². The van der Waals surface area contributed by atoms with Crippen molar-refractivity contribution in [3.8, 4) is 0 Å². The summed E-state index contributed by atoms with van der Waals surface area (Å²) in [5.74, 6) is 0. The summed E-state index contributed by atoms with van der Waals surface area (Å²) in [5.41, 5.74) is 4.39. The minimum Gasteiger partial charge on any atom is -0.343 e. The molecular weight excluding hydrogens is 346 g/mol. The molecule has 0 atom stereocenters. The summed E-state index contributed by atoms with van der Waals surface area (Å²) >= 11 is 1.61. The third-order valence-corrected chi connectivity index (χ3v) is 5.73. The Hall–Kier alpha value is -2.51. The largest absolute Gasteiger partial charge is 0.343 e. The summed E-state index contributed by atoms with van der Waals surface area (Å²) in [6, 6.07) is 10.3. The van der Waals surface area contributed by atoms with Gasteiger partial charge in [0.1, 0.15) is 0 Å². The molecule has 0 radical (unpaired) electrons. The molecule has 26 heavy (non-hydrogen) atoms. The minimum atomic E-state index is 0.779. The van der Waals surface area contributed by atoms with Crippen molar-refractivity contribution in [2.75, 3.05) is 31.5 Å². The maximum atomic E-state index is 10.9. The van der Waals surface area contributed by atoms with Gasteiger partial charge in [-0.25, -0.2) is 4.98 Å². The molecule has 1 aromatic carbocycles. The first-order valence-electron chi connectivity index (χ1n) is 8.72. The number of nitrogens with zero attached hydrogens (tertiary/aromatic N) is 4. The number of piperazine rings is 1. The molecule has 0 unspecified atom stereocenters. The number of carbonyl (C=O) groups is 1. The number of fused-ring (bicyclic) bond motifs is 1. The number of pyridine rings is 1. The van der Waals surface area contributed by atoms with Crippen molar-refractivity contribution in [2.24, 2.45) is 0 Å². The average Bonchev–Trinajstić information content (AvgIpc) is 3.08. The van der Waals surface area contributed by atoms with Gasteiger partial charge in [-0.2, -0.15) is 4.98 Å². The summed E-state index contributed by atoms with van der Waals surface area (Å²) in [7, 11) is 0. The van der Waals surface area contributed by atoms with Crippen LogP contribution in [0.25, 0.3) is 10.3 Å². The van der Waals surface area contributed by atoms with Crippen LogP contribution in [0.2, 0.25) is 0 Å². The zero-order chi connectivity index (χ0) is 17.9. The molecule has 0 bridgehead atoms. The first-order chi connectivity index (χ1) is 12.7. The number of carbonyl (C=O) groups excluding carboxylic acids is 1. The molecule has 0 saturated carbocycles. The monoisotopic (exact) mass is 367 g/mol. The molecule has 3 heterocycles. The van der Waals surface area contributed by atoms with Gasteiger partial charge >= 0.3 is 0 Å². The van der Waals surface area contributed by atoms with Gasteiger partial charge in [0.15, 0.2) is 10.8 Å². The molecule has 7 heteroatoms. The third-order valence-electron chi connectivity index (χ3n) is 4.80. The maximum Gasteiger partial charge on any atom is 0.209 e. The summed E-state index contributed by atoms with van der Waals surface area (Å²) < 4.78 is 1.08. The van der Waals surface area contributed by atoms with Gasteiger partial charge in [0.25, 0.3) is 0 Å². The quantitative estimate of drug-likeness (QED) is 0.703. The standard InChI is InChI=1S/C19H21N5OS/c1-14-15(12-23-8-10-24(13-25)11-9-23)4-2-5-16(14)21-19-22-18-17(26-19)6-3-7-20-18/h2-7,13H,8-12H2,1H3,(H,20,21,22). The number of amides is 1. The van der Waals surface area contributed by atoms with Crippen molar-refractivity contribution in [3.63, 3.8) is 0 Å². The van der Waals surface area contributed by atoms with Gasteiger partial charge in [-0.05, 0) is 36.2 Å². The van der Waals surface area contributed by atoms with Crippen molar-refractivity contribution in [2.45, 2.75) is 13.5 Å². The van der Waals surface area contributed by atoms with Gasteiger partial charge in [0.05, 0.1) is 4.70 Å². The number of aromatic nitrogens is 2. The molecule has 6 nitrogen and oxygen atoms in total. The Balaban J connectivity index is 1.49. The van der Waals surface area contributed by atoms with E-state index in [4.69, 9.17) is 0 Å². The number of benzene rings is 1. The Labute approximate surface area is 156 Å². The lowest BCUT2D eigenvalue weighted by molar-refractivity contribution is -0.119.